The van der Waals surface area contributed by atoms with Crippen LogP contribution < -0.4 is 32.3 Å². The van der Waals surface area contributed by atoms with Gasteiger partial charge in [-0.1, -0.05) is 52.3 Å². The lowest BCUT2D eigenvalue weighted by molar-refractivity contribution is -0.143. The maximum Gasteiger partial charge on any atom is 0.516 e. The molecule has 0 aliphatic heterocycles. The summed E-state index contributed by atoms with van der Waals surface area (Å²) in [5, 5.41) is 22.8. The standard InChI is InChI=1S/C49H75N7O15S/c1-14-28(4)38(55-39(59)31(50)24-29-26-56(45(66)70-48(8,9)10)34-20-16-15-18-30(29)34)42(62)54-37(27(2)3)41(61)52-33(25-35(57)53-44(65)69-47(5,6)7)40(60)51-32(43(63)64)19-17-22-72-23-21-36(58)68-46(67)71-49(11,12)13/h15-16,18,20,26-28,31-33,37-38H,14,17,19,21-25,50H2,1-13H3,(H,51,60)(H,52,61)(H,54,62)(H,55,59)(H,63,64)(H,53,57,65)/t28-,31+,32-,33-,37-,38-/m0/s1. The average Bonchev–Trinajstić information content (AvgIpc) is 3.60. The molecule has 0 fully saturated rings. The Balaban J connectivity index is 2.26. The summed E-state index contributed by atoms with van der Waals surface area (Å²) in [5.74, 6) is -7.43. The Morgan fingerprint density at radius 3 is 1.86 bits per heavy atom. The van der Waals surface area contributed by atoms with Gasteiger partial charge in [-0.2, -0.15) is 11.8 Å². The number of para-hydroxylation sites is 1. The molecule has 0 saturated carbocycles. The van der Waals surface area contributed by atoms with Gasteiger partial charge in [0.15, 0.2) is 0 Å². The zero-order chi connectivity index (χ0) is 54.9. The molecular weight excluding hydrogens is 959 g/mol. The number of carboxylic acids is 1. The van der Waals surface area contributed by atoms with Crippen molar-refractivity contribution in [2.24, 2.45) is 17.6 Å². The monoisotopic (exact) mass is 1030 g/mol. The number of esters is 1. The Kier molecular flexibility index (Phi) is 23.7. The van der Waals surface area contributed by atoms with Crippen LogP contribution in [-0.4, -0.2) is 128 Å². The number of amides is 6. The van der Waals surface area contributed by atoms with Crippen LogP contribution in [0.3, 0.4) is 0 Å². The third-order valence-corrected chi connectivity index (χ3v) is 11.4. The van der Waals surface area contributed by atoms with Crippen molar-refractivity contribution in [1.82, 2.24) is 31.2 Å². The lowest BCUT2D eigenvalue weighted by Crippen LogP contribution is -2.61. The summed E-state index contributed by atoms with van der Waals surface area (Å²) in [7, 11) is 0. The Bertz CT molecular complexity index is 2260. The lowest BCUT2D eigenvalue weighted by atomic mass is 9.95. The molecular formula is C49H75N7O15S. The second-order valence-electron chi connectivity index (χ2n) is 20.6. The van der Waals surface area contributed by atoms with Crippen LogP contribution in [0.1, 0.15) is 128 Å². The van der Waals surface area contributed by atoms with Gasteiger partial charge in [0, 0.05) is 17.3 Å². The number of carbonyl (C=O) groups is 10. The number of thioether (sulfide) groups is 1. The molecule has 0 spiro atoms. The van der Waals surface area contributed by atoms with Gasteiger partial charge in [0.1, 0.15) is 41.0 Å². The van der Waals surface area contributed by atoms with Crippen molar-refractivity contribution in [3.05, 3.63) is 36.0 Å². The second kappa shape index (κ2) is 27.6. The number of rotatable bonds is 23. The van der Waals surface area contributed by atoms with Gasteiger partial charge in [-0.3, -0.25) is 38.7 Å². The van der Waals surface area contributed by atoms with E-state index in [0.717, 1.165) is 0 Å². The molecule has 72 heavy (non-hydrogen) atoms. The first-order valence-corrected chi connectivity index (χ1v) is 24.9. The number of aliphatic carboxylic acids is 1. The summed E-state index contributed by atoms with van der Waals surface area (Å²) >= 11 is 1.26. The Labute approximate surface area is 425 Å². The van der Waals surface area contributed by atoms with Crippen LogP contribution >= 0.6 is 11.8 Å². The molecule has 8 N–H and O–H groups in total. The molecule has 1 aromatic carbocycles. The van der Waals surface area contributed by atoms with Crippen LogP contribution in [0.25, 0.3) is 10.9 Å². The van der Waals surface area contributed by atoms with Gasteiger partial charge >= 0.3 is 30.3 Å². The number of carboxylic acid groups (broad SMARTS) is 1. The minimum Gasteiger partial charge on any atom is -0.480 e. The van der Waals surface area contributed by atoms with Gasteiger partial charge < -0.3 is 51.1 Å². The lowest BCUT2D eigenvalue weighted by Gasteiger charge is -2.30. The van der Waals surface area contributed by atoms with Crippen LogP contribution in [0.2, 0.25) is 0 Å². The number of aromatic nitrogens is 1. The maximum atomic E-state index is 14.1. The largest absolute Gasteiger partial charge is 0.516 e. The van der Waals surface area contributed by atoms with E-state index in [0.29, 0.717) is 28.6 Å². The summed E-state index contributed by atoms with van der Waals surface area (Å²) in [5.41, 5.74) is 4.91. The SMILES string of the molecule is CC[C@H](C)[C@H](NC(=O)[C@H](N)Cc1cn(C(=O)OC(C)(C)C)c2ccccc12)C(=O)N[C@H](C(=O)N[C@@H](CC(=O)NC(=O)OC(C)(C)C)C(=O)N[C@@H](CCCSCCC(=O)OC(=O)OC(C)(C)C)C(=O)O)C(C)C. The second-order valence-corrected chi connectivity index (χ2v) is 21.8. The number of nitrogens with one attached hydrogen (secondary N) is 5. The molecule has 0 bridgehead atoms. The first-order chi connectivity index (χ1) is 33.2. The van der Waals surface area contributed by atoms with Crippen molar-refractivity contribution in [1.29, 1.82) is 0 Å². The maximum absolute atomic E-state index is 14.1. The number of benzene rings is 1. The van der Waals surface area contributed by atoms with Crippen LogP contribution in [0.4, 0.5) is 14.4 Å². The summed E-state index contributed by atoms with van der Waals surface area (Å²) in [6.45, 7) is 21.4. The third kappa shape index (κ3) is 22.0. The van der Waals surface area contributed by atoms with Gasteiger partial charge in [-0.25, -0.2) is 19.2 Å². The molecule has 0 aliphatic carbocycles. The number of carbonyl (C=O) groups excluding carboxylic acids is 9. The molecule has 6 amide bonds. The number of nitrogens with two attached hydrogens (primary N) is 1. The molecule has 402 valence electrons. The van der Waals surface area contributed by atoms with Crippen molar-refractivity contribution in [3.8, 4) is 0 Å². The predicted octanol–water partition coefficient (Wildman–Crippen LogP) is 4.84. The first-order valence-electron chi connectivity index (χ1n) is 23.8. The van der Waals surface area contributed by atoms with E-state index in [1.54, 1.807) is 120 Å². The van der Waals surface area contributed by atoms with E-state index in [4.69, 9.17) is 19.9 Å². The van der Waals surface area contributed by atoms with Crippen molar-refractivity contribution >= 4 is 82.5 Å². The molecule has 23 heteroatoms. The van der Waals surface area contributed by atoms with Crippen LogP contribution in [0.5, 0.6) is 0 Å². The quantitative estimate of drug-likeness (QED) is 0.0339. The Hall–Kier alpha value is -6.23. The molecule has 0 unspecified atom stereocenters. The van der Waals surface area contributed by atoms with Crippen LogP contribution in [0.15, 0.2) is 30.5 Å². The molecule has 2 aromatic rings. The highest BCUT2D eigenvalue weighted by atomic mass is 32.2. The Morgan fingerprint density at radius 1 is 0.722 bits per heavy atom. The summed E-state index contributed by atoms with van der Waals surface area (Å²) in [6.07, 6.45) is -1.87. The number of ether oxygens (including phenoxy) is 4. The minimum atomic E-state index is -1.78. The van der Waals surface area contributed by atoms with E-state index in [1.807, 2.05) is 5.32 Å². The number of nitrogens with zero attached hydrogens (tertiary/aromatic N) is 1. The zero-order valence-electron chi connectivity index (χ0n) is 43.7. The van der Waals surface area contributed by atoms with E-state index in [-0.39, 0.29) is 31.4 Å². The van der Waals surface area contributed by atoms with Crippen molar-refractivity contribution in [3.63, 3.8) is 0 Å². The highest BCUT2D eigenvalue weighted by molar-refractivity contribution is 7.99. The molecule has 1 heterocycles. The van der Waals surface area contributed by atoms with Crippen LogP contribution in [-0.2, 0) is 58.9 Å². The van der Waals surface area contributed by atoms with E-state index >= 15 is 0 Å². The smallest absolute Gasteiger partial charge is 0.480 e. The average molecular weight is 1030 g/mol. The molecule has 1 aromatic heterocycles. The fourth-order valence-electron chi connectivity index (χ4n) is 6.66. The highest BCUT2D eigenvalue weighted by Gasteiger charge is 2.36. The fraction of sp³-hybridized carbons (Fsp3) is 0.633. The predicted molar refractivity (Wildman–Crippen MR) is 267 cm³/mol. The van der Waals surface area contributed by atoms with E-state index in [9.17, 15) is 53.1 Å². The molecule has 0 aliphatic rings. The van der Waals surface area contributed by atoms with Crippen molar-refractivity contribution < 1.29 is 72.0 Å². The van der Waals surface area contributed by atoms with Gasteiger partial charge in [0.2, 0.25) is 29.5 Å². The van der Waals surface area contributed by atoms with Crippen LogP contribution in [0, 0.1) is 11.8 Å². The summed E-state index contributed by atoms with van der Waals surface area (Å²) < 4.78 is 21.6. The van der Waals surface area contributed by atoms with Gasteiger partial charge in [0.25, 0.3) is 0 Å². The fourth-order valence-corrected chi connectivity index (χ4v) is 7.55. The number of hydrogen-bond donors (Lipinski definition) is 7. The molecule has 0 radical (unpaired) electrons. The van der Waals surface area contributed by atoms with E-state index < -0.39 is 125 Å². The summed E-state index contributed by atoms with van der Waals surface area (Å²) in [6, 6.07) is -0.0656. The van der Waals surface area contributed by atoms with Crippen molar-refractivity contribution in [2.45, 2.75) is 176 Å². The topological polar surface area (TPSA) is 319 Å². The minimum absolute atomic E-state index is 0.0304. The normalized spacial score (nSPS) is 14.3. The molecule has 6 atom stereocenters. The zero-order valence-corrected chi connectivity index (χ0v) is 44.5. The number of alkyl carbamates (subject to hydrolysis) is 1. The molecule has 22 nitrogen and oxygen atoms in total. The molecule has 2 rings (SSSR count). The van der Waals surface area contributed by atoms with Gasteiger partial charge in [0.05, 0.1) is 24.4 Å². The highest BCUT2D eigenvalue weighted by Crippen LogP contribution is 2.24. The molecule has 0 saturated heterocycles. The number of fused-ring (bicyclic) bond motifs is 1. The summed E-state index contributed by atoms with van der Waals surface area (Å²) in [4.78, 5) is 130. The third-order valence-electron chi connectivity index (χ3n) is 10.3. The van der Waals surface area contributed by atoms with Crippen molar-refractivity contribution in [2.75, 3.05) is 11.5 Å². The van der Waals surface area contributed by atoms with Gasteiger partial charge in [-0.05, 0) is 111 Å². The first kappa shape index (κ1) is 61.9. The van der Waals surface area contributed by atoms with E-state index in [2.05, 4.69) is 26.0 Å². The van der Waals surface area contributed by atoms with E-state index in [1.165, 1.54) is 16.3 Å². The number of imide groups is 1. The van der Waals surface area contributed by atoms with Gasteiger partial charge in [-0.15, -0.1) is 0 Å². The number of hydrogen-bond acceptors (Lipinski definition) is 16. The Morgan fingerprint density at radius 2 is 1.29 bits per heavy atom.